The maximum absolute atomic E-state index is 13.7. The Labute approximate surface area is 150 Å². The van der Waals surface area contributed by atoms with E-state index in [4.69, 9.17) is 0 Å². The first-order valence-electron chi connectivity index (χ1n) is 6.83. The van der Waals surface area contributed by atoms with E-state index in [9.17, 15) is 4.39 Å². The van der Waals surface area contributed by atoms with E-state index >= 15 is 0 Å². The van der Waals surface area contributed by atoms with Crippen molar-refractivity contribution < 1.29 is 4.39 Å². The molecule has 0 atom stereocenters. The van der Waals surface area contributed by atoms with Crippen LogP contribution in [0.1, 0.15) is 25.3 Å². The van der Waals surface area contributed by atoms with Crippen LogP contribution in [0.15, 0.2) is 39.8 Å². The van der Waals surface area contributed by atoms with E-state index in [1.54, 1.807) is 12.1 Å². The van der Waals surface area contributed by atoms with Crippen LogP contribution < -0.4 is 10.6 Å². The molecule has 0 aliphatic heterocycles. The van der Waals surface area contributed by atoms with Crippen LogP contribution in [0.4, 0.5) is 4.39 Å². The van der Waals surface area contributed by atoms with E-state index in [1.165, 1.54) is 6.07 Å². The molecule has 6 heteroatoms. The predicted octanol–water partition coefficient (Wildman–Crippen LogP) is 3.98. The lowest BCUT2D eigenvalue weighted by molar-refractivity contribution is 0.607. The quantitative estimate of drug-likeness (QED) is 0.304. The zero-order valence-electron chi connectivity index (χ0n) is 11.9. The van der Waals surface area contributed by atoms with E-state index in [2.05, 4.69) is 43.7 Å². The van der Waals surface area contributed by atoms with Crippen molar-refractivity contribution >= 4 is 45.9 Å². The first-order chi connectivity index (χ1) is 9.69. The van der Waals surface area contributed by atoms with Crippen molar-refractivity contribution in [1.29, 1.82) is 0 Å². The third-order valence-electron chi connectivity index (χ3n) is 3.11. The van der Waals surface area contributed by atoms with Crippen molar-refractivity contribution in [2.24, 2.45) is 4.99 Å². The van der Waals surface area contributed by atoms with Crippen molar-refractivity contribution in [2.75, 3.05) is 6.54 Å². The van der Waals surface area contributed by atoms with Crippen LogP contribution >= 0.6 is 39.9 Å². The molecule has 3 nitrogen and oxygen atoms in total. The number of halogens is 3. The molecule has 2 rings (SSSR count). The van der Waals surface area contributed by atoms with Gasteiger partial charge in [0, 0.05) is 22.6 Å². The lowest BCUT2D eigenvalue weighted by atomic mass is 10.2. The first kappa shape index (κ1) is 18.4. The van der Waals surface area contributed by atoms with E-state index in [1.807, 2.05) is 6.92 Å². The number of nitrogens with zero attached hydrogens (tertiary/aromatic N) is 1. The zero-order chi connectivity index (χ0) is 14.4. The third-order valence-corrected chi connectivity index (χ3v) is 3.60. The molecular formula is C15H20BrFIN3. The summed E-state index contributed by atoms with van der Waals surface area (Å²) < 4.78 is 14.5. The maximum Gasteiger partial charge on any atom is 0.191 e. The van der Waals surface area contributed by atoms with Gasteiger partial charge in [-0.2, -0.15) is 0 Å². The van der Waals surface area contributed by atoms with Gasteiger partial charge in [0.2, 0.25) is 0 Å². The summed E-state index contributed by atoms with van der Waals surface area (Å²) in [7, 11) is 0. The molecule has 0 unspecified atom stereocenters. The van der Waals surface area contributed by atoms with E-state index in [0.717, 1.165) is 29.8 Å². The Hall–Kier alpha value is -0.630. The van der Waals surface area contributed by atoms with Gasteiger partial charge in [-0.15, -0.1) is 24.0 Å². The lowest BCUT2D eigenvalue weighted by Crippen LogP contribution is -2.42. The summed E-state index contributed by atoms with van der Waals surface area (Å²) in [5, 5.41) is 6.55. The van der Waals surface area contributed by atoms with Crippen LogP contribution in [0.25, 0.3) is 0 Å². The van der Waals surface area contributed by atoms with Gasteiger partial charge in [0.25, 0.3) is 0 Å². The van der Waals surface area contributed by atoms with Gasteiger partial charge in [0.05, 0.1) is 6.54 Å². The Morgan fingerprint density at radius 1 is 1.38 bits per heavy atom. The zero-order valence-corrected chi connectivity index (χ0v) is 15.8. The molecule has 0 saturated heterocycles. The van der Waals surface area contributed by atoms with Crippen LogP contribution in [0, 0.1) is 5.82 Å². The number of benzene rings is 1. The molecule has 2 N–H and O–H groups in total. The monoisotopic (exact) mass is 467 g/mol. The highest BCUT2D eigenvalue weighted by Gasteiger charge is 2.11. The summed E-state index contributed by atoms with van der Waals surface area (Å²) in [6.07, 6.45) is 6.34. The molecule has 0 amide bonds. The summed E-state index contributed by atoms with van der Waals surface area (Å²) in [6, 6.07) is 5.30. The minimum atomic E-state index is -0.227. The summed E-state index contributed by atoms with van der Waals surface area (Å²) >= 11 is 3.35. The average Bonchev–Trinajstić information content (AvgIpc) is 2.93. The fourth-order valence-electron chi connectivity index (χ4n) is 2.08. The Morgan fingerprint density at radius 3 is 2.76 bits per heavy atom. The smallest absolute Gasteiger partial charge is 0.191 e. The summed E-state index contributed by atoms with van der Waals surface area (Å²) in [5.74, 6) is 0.510. The lowest BCUT2D eigenvalue weighted by Gasteiger charge is -2.16. The largest absolute Gasteiger partial charge is 0.357 e. The molecular weight excluding hydrogens is 448 g/mol. The molecule has 0 heterocycles. The SMILES string of the molecule is CCNC(=NCc1cc(Br)ccc1F)NC1CC=CC1.I. The van der Waals surface area contributed by atoms with Crippen molar-refractivity contribution in [3.05, 3.63) is 46.2 Å². The molecule has 1 aliphatic carbocycles. The second-order valence-electron chi connectivity index (χ2n) is 4.71. The number of aliphatic imine (C=N–C) groups is 1. The molecule has 1 aromatic rings. The Kier molecular flexibility index (Phi) is 8.24. The number of hydrogen-bond donors (Lipinski definition) is 2. The Morgan fingerprint density at radius 2 is 2.10 bits per heavy atom. The number of hydrogen-bond acceptors (Lipinski definition) is 1. The van der Waals surface area contributed by atoms with E-state index < -0.39 is 0 Å². The van der Waals surface area contributed by atoms with Gasteiger partial charge in [-0.3, -0.25) is 0 Å². The Balaban J connectivity index is 0.00000220. The number of guanidine groups is 1. The molecule has 0 saturated carbocycles. The standard InChI is InChI=1S/C15H19BrFN3.HI/c1-2-18-15(20-13-5-3-4-6-13)19-10-11-9-12(16)7-8-14(11)17;/h3-4,7-9,13H,2,5-6,10H2,1H3,(H2,18,19,20);1H. The van der Waals surface area contributed by atoms with Crippen LogP contribution in [0.2, 0.25) is 0 Å². The first-order valence-corrected chi connectivity index (χ1v) is 7.62. The fraction of sp³-hybridized carbons (Fsp3) is 0.400. The summed E-state index contributed by atoms with van der Waals surface area (Å²) in [4.78, 5) is 4.45. The normalized spacial score (nSPS) is 14.9. The highest BCUT2D eigenvalue weighted by atomic mass is 127. The van der Waals surface area contributed by atoms with Gasteiger partial charge in [-0.05, 0) is 38.0 Å². The minimum Gasteiger partial charge on any atom is -0.357 e. The molecule has 1 aliphatic rings. The van der Waals surface area contributed by atoms with Crippen molar-refractivity contribution in [1.82, 2.24) is 10.6 Å². The van der Waals surface area contributed by atoms with Gasteiger partial charge in [0.1, 0.15) is 5.82 Å². The second-order valence-corrected chi connectivity index (χ2v) is 5.63. The van der Waals surface area contributed by atoms with Crippen LogP contribution in [0.5, 0.6) is 0 Å². The average molecular weight is 468 g/mol. The molecule has 116 valence electrons. The van der Waals surface area contributed by atoms with E-state index in [0.29, 0.717) is 18.2 Å². The van der Waals surface area contributed by atoms with Crippen molar-refractivity contribution in [3.63, 3.8) is 0 Å². The van der Waals surface area contributed by atoms with Gasteiger partial charge in [0.15, 0.2) is 5.96 Å². The molecule has 0 aromatic heterocycles. The molecule has 0 radical (unpaired) electrons. The molecule has 0 bridgehead atoms. The highest BCUT2D eigenvalue weighted by Crippen LogP contribution is 2.16. The highest BCUT2D eigenvalue weighted by molar-refractivity contribution is 14.0. The van der Waals surface area contributed by atoms with E-state index in [-0.39, 0.29) is 29.8 Å². The van der Waals surface area contributed by atoms with Crippen molar-refractivity contribution in [3.8, 4) is 0 Å². The molecule has 21 heavy (non-hydrogen) atoms. The predicted molar refractivity (Wildman–Crippen MR) is 99.6 cm³/mol. The Bertz CT molecular complexity index is 512. The topological polar surface area (TPSA) is 36.4 Å². The fourth-order valence-corrected chi connectivity index (χ4v) is 2.49. The summed E-state index contributed by atoms with van der Waals surface area (Å²) in [6.45, 7) is 3.12. The minimum absolute atomic E-state index is 0. The van der Waals surface area contributed by atoms with Crippen LogP contribution in [-0.2, 0) is 6.54 Å². The van der Waals surface area contributed by atoms with Crippen LogP contribution in [-0.4, -0.2) is 18.5 Å². The van der Waals surface area contributed by atoms with Gasteiger partial charge in [-0.25, -0.2) is 9.38 Å². The number of nitrogens with one attached hydrogen (secondary N) is 2. The maximum atomic E-state index is 13.7. The molecule has 0 spiro atoms. The van der Waals surface area contributed by atoms with Gasteiger partial charge in [-0.1, -0.05) is 28.1 Å². The summed E-state index contributed by atoms with van der Waals surface area (Å²) in [5.41, 5.74) is 0.584. The third kappa shape index (κ3) is 5.94. The molecule has 0 fully saturated rings. The van der Waals surface area contributed by atoms with Crippen molar-refractivity contribution in [2.45, 2.75) is 32.4 Å². The number of rotatable bonds is 4. The van der Waals surface area contributed by atoms with Gasteiger partial charge < -0.3 is 10.6 Å². The molecule has 1 aromatic carbocycles. The second kappa shape index (κ2) is 9.40. The van der Waals surface area contributed by atoms with Gasteiger partial charge >= 0.3 is 0 Å². The van der Waals surface area contributed by atoms with Crippen LogP contribution in [0.3, 0.4) is 0 Å².